The lowest BCUT2D eigenvalue weighted by atomic mass is 9.92. The molecule has 0 fully saturated rings. The summed E-state index contributed by atoms with van der Waals surface area (Å²) in [6.07, 6.45) is 2.27. The number of aromatic hydroxyl groups is 1. The molecule has 6 aromatic rings. The average Bonchev–Trinajstić information content (AvgIpc) is 3.50. The predicted octanol–water partition coefficient (Wildman–Crippen LogP) is 8.65. The number of aromatic nitrogens is 3. The zero-order valence-electron chi connectivity index (χ0n) is 28.0. The maximum Gasteiger partial charge on any atom is 0.324 e. The molecule has 0 aliphatic rings. The number of hydrogen-bond donors (Lipinski definition) is 3. The fourth-order valence-electron chi connectivity index (χ4n) is 5.64. The molecule has 244 valence electrons. The van der Waals surface area contributed by atoms with Crippen molar-refractivity contribution in [1.29, 1.82) is 0 Å². The summed E-state index contributed by atoms with van der Waals surface area (Å²) in [6.45, 7) is 8.16. The first-order valence-corrected chi connectivity index (χ1v) is 15.7. The summed E-state index contributed by atoms with van der Waals surface area (Å²) >= 11 is 0. The fourth-order valence-corrected chi connectivity index (χ4v) is 5.64. The summed E-state index contributed by atoms with van der Waals surface area (Å²) in [5.74, 6) is 2.03. The number of nitrogens with zero attached hydrogens (tertiary/aromatic N) is 3. The van der Waals surface area contributed by atoms with Gasteiger partial charge >= 0.3 is 6.03 Å². The van der Waals surface area contributed by atoms with E-state index in [1.807, 2.05) is 91.9 Å². The lowest BCUT2D eigenvalue weighted by Gasteiger charge is -2.15. The number of amides is 2. The van der Waals surface area contributed by atoms with E-state index in [9.17, 15) is 9.90 Å². The molecule has 0 saturated carbocycles. The van der Waals surface area contributed by atoms with Crippen molar-refractivity contribution in [3.63, 3.8) is 0 Å². The van der Waals surface area contributed by atoms with Gasteiger partial charge in [0, 0.05) is 29.0 Å². The van der Waals surface area contributed by atoms with Gasteiger partial charge in [0.2, 0.25) is 0 Å². The van der Waals surface area contributed by atoms with Gasteiger partial charge in [0.15, 0.2) is 11.5 Å². The molecule has 0 atom stereocenters. The number of benzene rings is 4. The van der Waals surface area contributed by atoms with Crippen molar-refractivity contribution in [2.75, 3.05) is 24.9 Å². The third-order valence-corrected chi connectivity index (χ3v) is 8.27. The maximum atomic E-state index is 13.5. The molecule has 0 spiro atoms. The van der Waals surface area contributed by atoms with Crippen LogP contribution < -0.4 is 20.1 Å². The Morgan fingerprint density at radius 2 is 1.62 bits per heavy atom. The molecule has 0 aliphatic carbocycles. The van der Waals surface area contributed by atoms with Gasteiger partial charge in [-0.05, 0) is 71.0 Å². The normalized spacial score (nSPS) is 11.4. The van der Waals surface area contributed by atoms with Crippen LogP contribution >= 0.6 is 0 Å². The molecule has 0 unspecified atom stereocenters. The second-order valence-electron chi connectivity index (χ2n) is 12.7. The van der Waals surface area contributed by atoms with Crippen molar-refractivity contribution in [3.8, 4) is 34.1 Å². The van der Waals surface area contributed by atoms with Gasteiger partial charge in [0.1, 0.15) is 11.6 Å². The molecule has 0 saturated heterocycles. The first-order chi connectivity index (χ1) is 23.0. The number of pyridine rings is 1. The maximum absolute atomic E-state index is 13.5. The van der Waals surface area contributed by atoms with Gasteiger partial charge in [0.05, 0.1) is 37.5 Å². The van der Waals surface area contributed by atoms with Gasteiger partial charge in [-0.1, -0.05) is 69.3 Å². The Bertz CT molecular complexity index is 2110. The van der Waals surface area contributed by atoms with Crippen molar-refractivity contribution in [1.82, 2.24) is 14.8 Å². The SMILES string of the molecule is COc1ccc(Cc2ccc(-c3ccc(NC(=O)Nc4cc(C(C)(C)C)nn4-c4ccc(C)nc4)c4ccccc34)cc2O)cc1OC. The van der Waals surface area contributed by atoms with E-state index in [0.29, 0.717) is 29.4 Å². The highest BCUT2D eigenvalue weighted by Gasteiger charge is 2.22. The van der Waals surface area contributed by atoms with Crippen molar-refractivity contribution >= 4 is 28.3 Å². The summed E-state index contributed by atoms with van der Waals surface area (Å²) in [6, 6.07) is 28.5. The van der Waals surface area contributed by atoms with Crippen LogP contribution in [0.3, 0.4) is 0 Å². The smallest absolute Gasteiger partial charge is 0.324 e. The number of nitrogens with one attached hydrogen (secondary N) is 2. The Balaban J connectivity index is 1.26. The molecular weight excluding hydrogens is 602 g/mol. The number of ether oxygens (including phenoxy) is 2. The largest absolute Gasteiger partial charge is 0.508 e. The molecule has 4 aromatic carbocycles. The molecule has 0 radical (unpaired) electrons. The highest BCUT2D eigenvalue weighted by molar-refractivity contribution is 6.09. The molecule has 0 aliphatic heterocycles. The third kappa shape index (κ3) is 6.66. The van der Waals surface area contributed by atoms with Crippen LogP contribution in [0.1, 0.15) is 43.3 Å². The molecule has 9 nitrogen and oxygen atoms in total. The van der Waals surface area contributed by atoms with E-state index in [1.165, 1.54) is 0 Å². The number of phenolic OH excluding ortho intramolecular Hbond substituents is 1. The van der Waals surface area contributed by atoms with E-state index in [2.05, 4.69) is 36.4 Å². The average molecular weight is 642 g/mol. The number of urea groups is 1. The van der Waals surface area contributed by atoms with Crippen molar-refractivity contribution in [2.45, 2.75) is 39.5 Å². The summed E-state index contributed by atoms with van der Waals surface area (Å²) in [7, 11) is 3.21. The number of carbonyl (C=O) groups is 1. The zero-order valence-corrected chi connectivity index (χ0v) is 28.0. The number of aryl methyl sites for hydroxylation is 1. The molecule has 2 amide bonds. The number of anilines is 2. The molecular formula is C39H39N5O4. The lowest BCUT2D eigenvalue weighted by molar-refractivity contribution is 0.262. The van der Waals surface area contributed by atoms with Crippen LogP contribution in [-0.2, 0) is 11.8 Å². The van der Waals surface area contributed by atoms with Crippen LogP contribution in [0.4, 0.5) is 16.3 Å². The van der Waals surface area contributed by atoms with Gasteiger partial charge in [-0.3, -0.25) is 10.3 Å². The Kier molecular flexibility index (Phi) is 8.78. The Hall–Kier alpha value is -5.83. The van der Waals surface area contributed by atoms with Crippen molar-refractivity contribution in [3.05, 3.63) is 120 Å². The van der Waals surface area contributed by atoms with Gasteiger partial charge in [-0.2, -0.15) is 5.10 Å². The Morgan fingerprint density at radius 3 is 2.31 bits per heavy atom. The quantitative estimate of drug-likeness (QED) is 0.153. The predicted molar refractivity (Wildman–Crippen MR) is 191 cm³/mol. The van der Waals surface area contributed by atoms with Crippen molar-refractivity contribution < 1.29 is 19.4 Å². The van der Waals surface area contributed by atoms with Crippen molar-refractivity contribution in [2.24, 2.45) is 0 Å². The van der Waals surface area contributed by atoms with Crippen LogP contribution in [0.25, 0.3) is 27.6 Å². The minimum Gasteiger partial charge on any atom is -0.508 e. The number of rotatable bonds is 8. The monoisotopic (exact) mass is 641 g/mol. The summed E-state index contributed by atoms with van der Waals surface area (Å²) in [4.78, 5) is 17.9. The molecule has 2 heterocycles. The fraction of sp³-hybridized carbons (Fsp3) is 0.205. The van der Waals surface area contributed by atoms with Gasteiger partial charge in [-0.25, -0.2) is 9.48 Å². The van der Waals surface area contributed by atoms with E-state index >= 15 is 0 Å². The Labute approximate surface area is 280 Å². The number of carbonyl (C=O) groups excluding carboxylic acids is 1. The number of fused-ring (bicyclic) bond motifs is 1. The number of phenols is 1. The Morgan fingerprint density at radius 1 is 0.854 bits per heavy atom. The van der Waals surface area contributed by atoms with Crippen LogP contribution in [0.2, 0.25) is 0 Å². The highest BCUT2D eigenvalue weighted by atomic mass is 16.5. The van der Waals surface area contributed by atoms with E-state index in [-0.39, 0.29) is 11.2 Å². The lowest BCUT2D eigenvalue weighted by Crippen LogP contribution is -2.21. The molecule has 0 bridgehead atoms. The standard InChI is InChI=1S/C39H39N5O4/c1-24-11-15-28(23-40-24)44-37(22-36(43-44)39(2,3)4)42-38(46)41-32-17-16-29(30-9-7-8-10-31(30)32)26-13-14-27(33(45)21-26)19-25-12-18-34(47-5)35(20-25)48-6/h7-18,20-23,45H,19H2,1-6H3,(H2,41,42,46). The number of methoxy groups -OCH3 is 2. The first-order valence-electron chi connectivity index (χ1n) is 15.7. The molecule has 2 aromatic heterocycles. The highest BCUT2D eigenvalue weighted by Crippen LogP contribution is 2.37. The van der Waals surface area contributed by atoms with E-state index in [4.69, 9.17) is 14.6 Å². The minimum absolute atomic E-state index is 0.197. The van der Waals surface area contributed by atoms with E-state index in [0.717, 1.165) is 50.1 Å². The van der Waals surface area contributed by atoms with Gasteiger partial charge in [0.25, 0.3) is 0 Å². The summed E-state index contributed by atoms with van der Waals surface area (Å²) in [5, 5.41) is 23.7. The van der Waals surface area contributed by atoms with Gasteiger partial charge < -0.3 is 19.9 Å². The van der Waals surface area contributed by atoms with E-state index in [1.54, 1.807) is 31.2 Å². The summed E-state index contributed by atoms with van der Waals surface area (Å²) < 4.78 is 12.5. The van der Waals surface area contributed by atoms with Gasteiger partial charge in [-0.15, -0.1) is 0 Å². The third-order valence-electron chi connectivity index (χ3n) is 8.27. The number of hydrogen-bond acceptors (Lipinski definition) is 6. The summed E-state index contributed by atoms with van der Waals surface area (Å²) in [5.41, 5.74) is 6.49. The molecule has 9 heteroatoms. The molecule has 6 rings (SSSR count). The van der Waals surface area contributed by atoms with Crippen LogP contribution in [0.15, 0.2) is 97.2 Å². The zero-order chi connectivity index (χ0) is 34.0. The van der Waals surface area contributed by atoms with Crippen LogP contribution in [-0.4, -0.2) is 40.1 Å². The second-order valence-corrected chi connectivity index (χ2v) is 12.7. The molecule has 48 heavy (non-hydrogen) atoms. The molecule has 3 N–H and O–H groups in total. The second kappa shape index (κ2) is 13.1. The topological polar surface area (TPSA) is 111 Å². The minimum atomic E-state index is -0.397. The van der Waals surface area contributed by atoms with Crippen LogP contribution in [0.5, 0.6) is 17.2 Å². The van der Waals surface area contributed by atoms with E-state index < -0.39 is 6.03 Å². The van der Waals surface area contributed by atoms with Crippen LogP contribution in [0, 0.1) is 6.92 Å². The first kappa shape index (κ1) is 32.1.